The fourth-order valence-electron chi connectivity index (χ4n) is 5.56. The Kier molecular flexibility index (Phi) is 5.28. The van der Waals surface area contributed by atoms with Crippen molar-refractivity contribution in [1.82, 2.24) is 5.16 Å². The van der Waals surface area contributed by atoms with Gasteiger partial charge in [0, 0.05) is 48.7 Å². The number of anilines is 4. The summed E-state index contributed by atoms with van der Waals surface area (Å²) in [5.74, 6) is 1.39. The van der Waals surface area contributed by atoms with Crippen molar-refractivity contribution < 1.29 is 14.1 Å². The van der Waals surface area contributed by atoms with Gasteiger partial charge < -0.3 is 24.4 Å². The maximum absolute atomic E-state index is 13.8. The molecule has 0 atom stereocenters. The van der Waals surface area contributed by atoms with E-state index in [1.807, 2.05) is 54.6 Å². The molecule has 38 heavy (non-hydrogen) atoms. The molecule has 188 valence electrons. The Morgan fingerprint density at radius 3 is 2.26 bits per heavy atom. The van der Waals surface area contributed by atoms with Crippen LogP contribution in [0, 0.1) is 0 Å². The van der Waals surface area contributed by atoms with Crippen LogP contribution >= 0.6 is 0 Å². The molecule has 1 aromatic heterocycles. The fraction of sp³-hybridized carbons (Fsp3) is 0.161. The van der Waals surface area contributed by atoms with Crippen molar-refractivity contribution in [2.24, 2.45) is 0 Å². The lowest BCUT2D eigenvalue weighted by atomic mass is 9.86. The average Bonchev–Trinajstić information content (AvgIpc) is 3.42. The first kappa shape index (κ1) is 22.4. The third kappa shape index (κ3) is 3.58. The molecule has 7 nitrogen and oxygen atoms in total. The van der Waals surface area contributed by atoms with Gasteiger partial charge in [-0.3, -0.25) is 4.79 Å². The van der Waals surface area contributed by atoms with Crippen LogP contribution in [0.2, 0.25) is 0 Å². The van der Waals surface area contributed by atoms with Crippen LogP contribution in [0.1, 0.15) is 15.9 Å². The van der Waals surface area contributed by atoms with E-state index in [0.29, 0.717) is 16.9 Å². The highest BCUT2D eigenvalue weighted by Gasteiger charge is 2.34. The maximum Gasteiger partial charge on any atom is 0.196 e. The molecule has 0 saturated carbocycles. The smallest absolute Gasteiger partial charge is 0.196 e. The minimum atomic E-state index is -0.0299. The summed E-state index contributed by atoms with van der Waals surface area (Å²) in [6, 6.07) is 27.8. The Bertz CT molecular complexity index is 1650. The van der Waals surface area contributed by atoms with E-state index in [9.17, 15) is 4.79 Å². The van der Waals surface area contributed by atoms with Gasteiger partial charge in [-0.25, -0.2) is 0 Å². The molecular formula is C31H26N4O3. The number of para-hydroxylation sites is 1. The zero-order valence-corrected chi connectivity index (χ0v) is 21.0. The number of ketones is 1. The summed E-state index contributed by atoms with van der Waals surface area (Å²) < 4.78 is 11.3. The lowest BCUT2D eigenvalue weighted by Crippen LogP contribution is -2.46. The van der Waals surface area contributed by atoms with Crippen LogP contribution in [0.5, 0.6) is 5.75 Å². The number of nitrogens with one attached hydrogen (secondary N) is 1. The molecule has 0 amide bonds. The topological polar surface area (TPSA) is 70.8 Å². The SMILES string of the molecule is COc1ccc(Nc2cc(N3CCN(c4ccccc4)CC3)c3noc4c3c2C(=O)c2ccccc2-4)cc1. The molecule has 0 unspecified atom stereocenters. The van der Waals surface area contributed by atoms with Gasteiger partial charge in [0.2, 0.25) is 0 Å². The van der Waals surface area contributed by atoms with Crippen molar-refractivity contribution in [1.29, 1.82) is 0 Å². The van der Waals surface area contributed by atoms with Crippen LogP contribution in [0.15, 0.2) is 89.5 Å². The lowest BCUT2D eigenvalue weighted by Gasteiger charge is -2.37. The molecule has 1 aliphatic carbocycles. The zero-order chi connectivity index (χ0) is 25.6. The van der Waals surface area contributed by atoms with Crippen LogP contribution in [-0.4, -0.2) is 44.2 Å². The number of hydrogen-bond donors (Lipinski definition) is 1. The van der Waals surface area contributed by atoms with E-state index in [4.69, 9.17) is 9.26 Å². The van der Waals surface area contributed by atoms with Gasteiger partial charge in [0.1, 0.15) is 11.3 Å². The van der Waals surface area contributed by atoms with E-state index >= 15 is 0 Å². The Hall–Kier alpha value is -4.78. The summed E-state index contributed by atoms with van der Waals surface area (Å²) in [6.45, 7) is 3.44. The summed E-state index contributed by atoms with van der Waals surface area (Å²) in [7, 11) is 1.65. The number of ether oxygens (including phenoxy) is 1. The second kappa shape index (κ2) is 8.95. The number of rotatable bonds is 5. The molecule has 0 radical (unpaired) electrons. The maximum atomic E-state index is 13.8. The van der Waals surface area contributed by atoms with Gasteiger partial charge in [0.15, 0.2) is 11.5 Å². The highest BCUT2D eigenvalue weighted by molar-refractivity contribution is 6.28. The van der Waals surface area contributed by atoms with Crippen LogP contribution in [0.3, 0.4) is 0 Å². The van der Waals surface area contributed by atoms with Gasteiger partial charge in [0.05, 0.1) is 29.4 Å². The largest absolute Gasteiger partial charge is 0.497 e. The van der Waals surface area contributed by atoms with Crippen LogP contribution in [0.4, 0.5) is 22.7 Å². The molecular weight excluding hydrogens is 476 g/mol. The molecule has 1 N–H and O–H groups in total. The number of nitrogens with zero attached hydrogens (tertiary/aromatic N) is 3. The number of carbonyl (C=O) groups excluding carboxylic acids is 1. The molecule has 1 fully saturated rings. The van der Waals surface area contributed by atoms with Gasteiger partial charge in [0.25, 0.3) is 0 Å². The molecule has 5 aromatic rings. The minimum Gasteiger partial charge on any atom is -0.497 e. The molecule has 1 saturated heterocycles. The first-order valence-electron chi connectivity index (χ1n) is 12.8. The van der Waals surface area contributed by atoms with Gasteiger partial charge in [-0.2, -0.15) is 0 Å². The summed E-state index contributed by atoms with van der Waals surface area (Å²) in [6.07, 6.45) is 0. The Balaban J connectivity index is 1.33. The fourth-order valence-corrected chi connectivity index (χ4v) is 5.56. The van der Waals surface area contributed by atoms with E-state index in [-0.39, 0.29) is 5.78 Å². The van der Waals surface area contributed by atoms with E-state index in [1.54, 1.807) is 7.11 Å². The molecule has 0 spiro atoms. The van der Waals surface area contributed by atoms with Crippen molar-refractivity contribution in [3.8, 4) is 17.1 Å². The molecule has 4 aromatic carbocycles. The minimum absolute atomic E-state index is 0.0299. The number of fused-ring (bicyclic) bond motifs is 2. The van der Waals surface area contributed by atoms with Crippen molar-refractivity contribution >= 4 is 39.4 Å². The molecule has 1 aliphatic heterocycles. The summed E-state index contributed by atoms with van der Waals surface area (Å²) in [4.78, 5) is 18.6. The molecule has 2 heterocycles. The molecule has 7 rings (SSSR count). The summed E-state index contributed by atoms with van der Waals surface area (Å²) in [5.41, 5.74) is 6.54. The number of benzene rings is 4. The van der Waals surface area contributed by atoms with Crippen molar-refractivity contribution in [3.63, 3.8) is 0 Å². The van der Waals surface area contributed by atoms with Gasteiger partial charge in [-0.15, -0.1) is 0 Å². The molecule has 0 bridgehead atoms. The highest BCUT2D eigenvalue weighted by Crippen LogP contribution is 2.46. The van der Waals surface area contributed by atoms with Gasteiger partial charge in [-0.05, 0) is 42.5 Å². The standard InChI is InChI=1S/C31H26N4O3/c1-37-22-13-11-20(12-14-22)32-25-19-26(35-17-15-34(16-18-35)21-7-3-2-4-8-21)29-28-27(25)30(36)23-9-5-6-10-24(23)31(28)38-33-29/h2-14,19,32H,15-18H2,1H3. The number of piperazine rings is 1. The first-order valence-corrected chi connectivity index (χ1v) is 12.8. The Labute approximate surface area is 220 Å². The van der Waals surface area contributed by atoms with E-state index in [0.717, 1.165) is 65.5 Å². The summed E-state index contributed by atoms with van der Waals surface area (Å²) in [5, 5.41) is 8.80. The third-order valence-corrected chi connectivity index (χ3v) is 7.49. The van der Waals surface area contributed by atoms with Crippen LogP contribution in [-0.2, 0) is 0 Å². The predicted molar refractivity (Wildman–Crippen MR) is 150 cm³/mol. The number of methoxy groups -OCH3 is 1. The van der Waals surface area contributed by atoms with E-state index < -0.39 is 0 Å². The normalized spacial score (nSPS) is 14.5. The first-order chi connectivity index (χ1) is 18.7. The Morgan fingerprint density at radius 1 is 0.842 bits per heavy atom. The highest BCUT2D eigenvalue weighted by atomic mass is 16.5. The second-order valence-corrected chi connectivity index (χ2v) is 9.59. The molecule has 7 heteroatoms. The van der Waals surface area contributed by atoms with E-state index in [2.05, 4.69) is 50.6 Å². The zero-order valence-electron chi connectivity index (χ0n) is 21.0. The van der Waals surface area contributed by atoms with Gasteiger partial charge in [-0.1, -0.05) is 47.6 Å². The van der Waals surface area contributed by atoms with Crippen molar-refractivity contribution in [3.05, 3.63) is 96.1 Å². The average molecular weight is 503 g/mol. The predicted octanol–water partition coefficient (Wildman–Crippen LogP) is 6.12. The lowest BCUT2D eigenvalue weighted by molar-refractivity contribution is 0.104. The number of hydrogen-bond acceptors (Lipinski definition) is 7. The van der Waals surface area contributed by atoms with Crippen LogP contribution < -0.4 is 19.9 Å². The third-order valence-electron chi connectivity index (χ3n) is 7.49. The van der Waals surface area contributed by atoms with Crippen molar-refractivity contribution in [2.45, 2.75) is 0 Å². The molecule has 2 aliphatic rings. The van der Waals surface area contributed by atoms with Crippen molar-refractivity contribution in [2.75, 3.05) is 48.4 Å². The monoisotopic (exact) mass is 502 g/mol. The quantitative estimate of drug-likeness (QED) is 0.305. The Morgan fingerprint density at radius 2 is 1.53 bits per heavy atom. The summed E-state index contributed by atoms with van der Waals surface area (Å²) >= 11 is 0. The van der Waals surface area contributed by atoms with Gasteiger partial charge >= 0.3 is 0 Å². The second-order valence-electron chi connectivity index (χ2n) is 9.59. The number of carbonyl (C=O) groups is 1. The number of aromatic nitrogens is 1. The van der Waals surface area contributed by atoms with E-state index in [1.165, 1.54) is 5.69 Å². The van der Waals surface area contributed by atoms with Crippen LogP contribution in [0.25, 0.3) is 22.2 Å².